The Labute approximate surface area is 256 Å². The molecule has 0 N–H and O–H groups in total. The van der Waals surface area contributed by atoms with E-state index in [0.717, 1.165) is 52.7 Å². The van der Waals surface area contributed by atoms with Crippen LogP contribution in [0.4, 0.5) is 0 Å². The third-order valence-electron chi connectivity index (χ3n) is 10.8. The molecule has 0 unspecified atom stereocenters. The zero-order valence-corrected chi connectivity index (χ0v) is 26.1. The molecule has 5 aliphatic rings. The molecule has 12 nitrogen and oxygen atoms in total. The highest BCUT2D eigenvalue weighted by Crippen LogP contribution is 2.63. The van der Waals surface area contributed by atoms with Gasteiger partial charge in [-0.2, -0.15) is 0 Å². The van der Waals surface area contributed by atoms with Gasteiger partial charge >= 0.3 is 23.9 Å². The monoisotopic (exact) mass is 618 g/mol. The van der Waals surface area contributed by atoms with Gasteiger partial charge in [0, 0.05) is 38.5 Å². The minimum Gasteiger partial charge on any atom is -0.467 e. The van der Waals surface area contributed by atoms with Crippen LogP contribution in [0.15, 0.2) is 11.6 Å². The number of hydrogen-bond donors (Lipinski definition) is 0. The summed E-state index contributed by atoms with van der Waals surface area (Å²) in [6, 6.07) is 0. The number of methoxy groups -OCH3 is 1. The molecule has 5 rings (SSSR count). The highest BCUT2D eigenvalue weighted by atomic mass is 16.7. The number of carbonyl (C=O) groups is 6. The normalized spacial score (nSPS) is 41.3. The van der Waals surface area contributed by atoms with Crippen LogP contribution in [0.25, 0.3) is 0 Å². The second-order valence-corrected chi connectivity index (χ2v) is 13.3. The van der Waals surface area contributed by atoms with Crippen molar-refractivity contribution in [2.45, 2.75) is 116 Å². The van der Waals surface area contributed by atoms with Crippen LogP contribution in [0.5, 0.6) is 0 Å². The Kier molecular flexibility index (Phi) is 8.80. The lowest BCUT2D eigenvalue weighted by molar-refractivity contribution is -0.312. The smallest absolute Gasteiger partial charge is 0.339 e. The van der Waals surface area contributed by atoms with Crippen molar-refractivity contribution < 1.29 is 57.2 Å². The molecule has 0 bridgehead atoms. The van der Waals surface area contributed by atoms with E-state index in [0.29, 0.717) is 25.7 Å². The average Bonchev–Trinajstić information content (AvgIpc) is 3.25. The Bertz CT molecular complexity index is 1270. The van der Waals surface area contributed by atoms with Gasteiger partial charge < -0.3 is 28.4 Å². The Morgan fingerprint density at radius 1 is 0.818 bits per heavy atom. The van der Waals surface area contributed by atoms with Crippen molar-refractivity contribution in [2.75, 3.05) is 7.11 Å². The van der Waals surface area contributed by atoms with Crippen LogP contribution >= 0.6 is 0 Å². The van der Waals surface area contributed by atoms with Gasteiger partial charge in [0.2, 0.25) is 0 Å². The molecule has 0 spiro atoms. The summed E-state index contributed by atoms with van der Waals surface area (Å²) in [5.74, 6) is -2.85. The lowest BCUT2D eigenvalue weighted by atomic mass is 9.48. The second-order valence-electron chi connectivity index (χ2n) is 13.3. The first-order valence-electron chi connectivity index (χ1n) is 15.4. The lowest BCUT2D eigenvalue weighted by Gasteiger charge is -2.56. The first kappa shape index (κ1) is 32.3. The maximum atomic E-state index is 13.7. The number of hydrogen-bond acceptors (Lipinski definition) is 12. The van der Waals surface area contributed by atoms with Gasteiger partial charge in [0.1, 0.15) is 5.78 Å². The quantitative estimate of drug-likeness (QED) is 0.317. The maximum Gasteiger partial charge on any atom is 0.339 e. The van der Waals surface area contributed by atoms with Crippen molar-refractivity contribution in [1.29, 1.82) is 0 Å². The van der Waals surface area contributed by atoms with Crippen LogP contribution in [0.2, 0.25) is 0 Å². The predicted molar refractivity (Wildman–Crippen MR) is 149 cm³/mol. The minimum atomic E-state index is -1.54. The van der Waals surface area contributed by atoms with Gasteiger partial charge in [0.05, 0.1) is 13.2 Å². The van der Waals surface area contributed by atoms with Crippen LogP contribution in [-0.2, 0) is 57.2 Å². The Hall–Kier alpha value is -3.12. The number of esters is 4. The van der Waals surface area contributed by atoms with Gasteiger partial charge in [-0.3, -0.25) is 24.0 Å². The topological polar surface area (TPSA) is 158 Å². The molecule has 1 heterocycles. The predicted octanol–water partition coefficient (Wildman–Crippen LogP) is 2.78. The van der Waals surface area contributed by atoms with Crippen LogP contribution in [0.3, 0.4) is 0 Å². The molecule has 0 amide bonds. The molecule has 0 radical (unpaired) electrons. The SMILES string of the molecule is COC(=O)[C@H]1O[C@@H](O[C@H]2CC[C@@]3(C)C(=CC(=O)[C@@H]4[C@@H]3CC[C@]3(C)C(=O)CC[C@@H]43)C2)[C@H](OC(C)=O)[C@@H](OC(C)=O)[C@@H]1OC(C)=O. The zero-order valence-electron chi connectivity index (χ0n) is 26.1. The number of carbonyl (C=O) groups excluding carboxylic acids is 6. The van der Waals surface area contributed by atoms with E-state index in [1.54, 1.807) is 6.08 Å². The first-order valence-corrected chi connectivity index (χ1v) is 15.4. The summed E-state index contributed by atoms with van der Waals surface area (Å²) in [6.07, 6.45) is -1.41. The molecule has 12 heteroatoms. The van der Waals surface area contributed by atoms with E-state index in [4.69, 9.17) is 28.4 Å². The van der Waals surface area contributed by atoms with Gasteiger partial charge in [-0.1, -0.05) is 19.4 Å². The van der Waals surface area contributed by atoms with E-state index < -0.39 is 66.1 Å². The number of ketones is 2. The number of fused-ring (bicyclic) bond motifs is 5. The van der Waals surface area contributed by atoms with Crippen molar-refractivity contribution in [1.82, 2.24) is 0 Å². The molecular formula is C32H42O12. The number of ether oxygens (including phenoxy) is 6. The molecule has 1 saturated heterocycles. The van der Waals surface area contributed by atoms with E-state index in [9.17, 15) is 28.8 Å². The third-order valence-corrected chi connectivity index (χ3v) is 10.8. The number of allylic oxidation sites excluding steroid dienone is 1. The molecule has 0 aromatic heterocycles. The summed E-state index contributed by atoms with van der Waals surface area (Å²) in [5.41, 5.74) is 0.289. The largest absolute Gasteiger partial charge is 0.467 e. The second kappa shape index (κ2) is 12.0. The molecule has 0 aromatic rings. The fraction of sp³-hybridized carbons (Fsp3) is 0.750. The molecule has 11 atom stereocenters. The van der Waals surface area contributed by atoms with Gasteiger partial charge in [-0.25, -0.2) is 4.79 Å². The highest BCUT2D eigenvalue weighted by molar-refractivity contribution is 5.96. The molecule has 4 fully saturated rings. The number of Topliss-reactive ketones (excluding diaryl/α,β-unsaturated/α-hetero) is 1. The van der Waals surface area contributed by atoms with E-state index >= 15 is 0 Å². The van der Waals surface area contributed by atoms with Gasteiger partial charge in [0.15, 0.2) is 36.5 Å². The van der Waals surface area contributed by atoms with Crippen molar-refractivity contribution >= 4 is 35.4 Å². The molecular weight excluding hydrogens is 576 g/mol. The van der Waals surface area contributed by atoms with Gasteiger partial charge in [-0.15, -0.1) is 0 Å². The Morgan fingerprint density at radius 3 is 2.05 bits per heavy atom. The summed E-state index contributed by atoms with van der Waals surface area (Å²) in [6.45, 7) is 7.63. The zero-order chi connectivity index (χ0) is 32.1. The third kappa shape index (κ3) is 5.59. The van der Waals surface area contributed by atoms with Crippen LogP contribution in [0.1, 0.15) is 79.6 Å². The van der Waals surface area contributed by atoms with Crippen molar-refractivity contribution in [3.05, 3.63) is 11.6 Å². The fourth-order valence-electron chi connectivity index (χ4n) is 8.64. The molecule has 4 aliphatic carbocycles. The van der Waals surface area contributed by atoms with Gasteiger partial charge in [-0.05, 0) is 61.9 Å². The van der Waals surface area contributed by atoms with Crippen LogP contribution < -0.4 is 0 Å². The maximum absolute atomic E-state index is 13.7. The lowest BCUT2D eigenvalue weighted by Crippen LogP contribution is -2.64. The van der Waals surface area contributed by atoms with Gasteiger partial charge in [0.25, 0.3) is 0 Å². The van der Waals surface area contributed by atoms with Crippen LogP contribution in [-0.4, -0.2) is 79.4 Å². The summed E-state index contributed by atoms with van der Waals surface area (Å²) in [4.78, 5) is 75.4. The Balaban J connectivity index is 1.41. The summed E-state index contributed by atoms with van der Waals surface area (Å²) in [7, 11) is 1.13. The molecule has 3 saturated carbocycles. The fourth-order valence-corrected chi connectivity index (χ4v) is 8.64. The van der Waals surface area contributed by atoms with E-state index in [1.165, 1.54) is 0 Å². The molecule has 0 aromatic carbocycles. The molecule has 44 heavy (non-hydrogen) atoms. The van der Waals surface area contributed by atoms with Crippen LogP contribution in [0, 0.1) is 28.6 Å². The van der Waals surface area contributed by atoms with E-state index in [2.05, 4.69) is 6.92 Å². The Morgan fingerprint density at radius 2 is 1.41 bits per heavy atom. The molecule has 1 aliphatic heterocycles. The minimum absolute atomic E-state index is 0.0589. The van der Waals surface area contributed by atoms with E-state index in [-0.39, 0.29) is 34.7 Å². The van der Waals surface area contributed by atoms with Crippen molar-refractivity contribution in [2.24, 2.45) is 28.6 Å². The average molecular weight is 619 g/mol. The number of rotatable bonds is 6. The first-order chi connectivity index (χ1) is 20.7. The summed E-state index contributed by atoms with van der Waals surface area (Å²) in [5, 5.41) is 0. The van der Waals surface area contributed by atoms with Crippen molar-refractivity contribution in [3.63, 3.8) is 0 Å². The van der Waals surface area contributed by atoms with E-state index in [1.807, 2.05) is 6.92 Å². The summed E-state index contributed by atoms with van der Waals surface area (Å²) < 4.78 is 33.5. The standard InChI is InChI=1S/C32H42O12/c1-15(33)40-25-26(41-16(2)34)28(42-17(3)35)30(44-27(25)29(38)39-6)43-19-9-11-31(4)18(13-19)14-22(36)24-20-7-8-23(37)32(20,5)12-10-21(24)31/h14,19-21,24-28,30H,7-13H2,1-6H3/t19-,20-,21-,24-,25-,26-,27-,28+,30+,31-,32-/m0/s1. The summed E-state index contributed by atoms with van der Waals surface area (Å²) >= 11 is 0. The highest BCUT2D eigenvalue weighted by Gasteiger charge is 2.61. The molecule has 242 valence electrons. The van der Waals surface area contributed by atoms with Crippen molar-refractivity contribution in [3.8, 4) is 0 Å².